The molecule has 7 nitrogen and oxygen atoms in total. The third-order valence-electron chi connectivity index (χ3n) is 6.58. The Balaban J connectivity index is 1.22. The van der Waals surface area contributed by atoms with E-state index in [1.165, 1.54) is 4.90 Å². The fourth-order valence-electron chi connectivity index (χ4n) is 4.77. The second kappa shape index (κ2) is 9.25. The summed E-state index contributed by atoms with van der Waals surface area (Å²) in [4.78, 5) is 44.1. The van der Waals surface area contributed by atoms with Gasteiger partial charge in [0.15, 0.2) is 0 Å². The van der Waals surface area contributed by atoms with E-state index in [4.69, 9.17) is 16.3 Å². The maximum atomic E-state index is 13.1. The molecule has 0 spiro atoms. The average Bonchev–Trinajstić information content (AvgIpc) is 3.42. The highest BCUT2D eigenvalue weighted by Crippen LogP contribution is 2.27. The van der Waals surface area contributed by atoms with E-state index in [1.807, 2.05) is 29.2 Å². The third-order valence-corrected chi connectivity index (χ3v) is 6.82. The Bertz CT molecular complexity index is 1090. The average molecular weight is 468 g/mol. The van der Waals surface area contributed by atoms with Crippen molar-refractivity contribution >= 4 is 29.3 Å². The molecule has 3 aliphatic rings. The molecule has 2 aromatic carbocycles. The highest BCUT2D eigenvalue weighted by molar-refractivity contribution is 6.30. The number of amides is 3. The number of rotatable bonds is 5. The van der Waals surface area contributed by atoms with Crippen LogP contribution in [0.1, 0.15) is 49.5 Å². The Morgan fingerprint density at radius 1 is 1.00 bits per heavy atom. The molecule has 0 aliphatic carbocycles. The summed E-state index contributed by atoms with van der Waals surface area (Å²) in [5.41, 5.74) is 2.26. The van der Waals surface area contributed by atoms with Crippen LogP contribution in [0, 0.1) is 0 Å². The predicted molar refractivity (Wildman–Crippen MR) is 123 cm³/mol. The Morgan fingerprint density at radius 3 is 2.52 bits per heavy atom. The van der Waals surface area contributed by atoms with E-state index in [0.717, 1.165) is 43.1 Å². The van der Waals surface area contributed by atoms with Gasteiger partial charge in [-0.05, 0) is 48.7 Å². The standard InChI is InChI=1S/C25H26ClN3O4/c26-19-4-1-3-17(13-19)15-27-8-10-28(11-9-27)23(30)18-6-7-21-22(14-18)25(32)29(24(21)31)16-20-5-2-12-33-20/h1,3-4,6-7,13-14,20H,2,5,8-12,15-16H2. The summed E-state index contributed by atoms with van der Waals surface area (Å²) < 4.78 is 5.59. The molecule has 2 fully saturated rings. The van der Waals surface area contributed by atoms with Crippen LogP contribution in [0.5, 0.6) is 0 Å². The highest BCUT2D eigenvalue weighted by atomic mass is 35.5. The zero-order valence-corrected chi connectivity index (χ0v) is 19.1. The van der Waals surface area contributed by atoms with Crippen LogP contribution in [0.3, 0.4) is 0 Å². The number of nitrogens with zero attached hydrogens (tertiary/aromatic N) is 3. The second-order valence-corrected chi connectivity index (χ2v) is 9.25. The van der Waals surface area contributed by atoms with Crippen molar-refractivity contribution in [3.63, 3.8) is 0 Å². The van der Waals surface area contributed by atoms with Crippen LogP contribution in [-0.2, 0) is 11.3 Å². The van der Waals surface area contributed by atoms with Gasteiger partial charge in [0.05, 0.1) is 23.8 Å². The van der Waals surface area contributed by atoms with E-state index in [2.05, 4.69) is 4.90 Å². The van der Waals surface area contributed by atoms with Gasteiger partial charge in [-0.1, -0.05) is 23.7 Å². The molecule has 3 aliphatic heterocycles. The first-order chi connectivity index (χ1) is 16.0. The smallest absolute Gasteiger partial charge is 0.261 e. The van der Waals surface area contributed by atoms with Crippen LogP contribution in [0.15, 0.2) is 42.5 Å². The van der Waals surface area contributed by atoms with E-state index in [1.54, 1.807) is 18.2 Å². The maximum absolute atomic E-state index is 13.1. The summed E-state index contributed by atoms with van der Waals surface area (Å²) in [6.07, 6.45) is 1.69. The van der Waals surface area contributed by atoms with E-state index in [9.17, 15) is 14.4 Å². The van der Waals surface area contributed by atoms with Gasteiger partial charge in [0, 0.05) is 49.9 Å². The molecule has 8 heteroatoms. The summed E-state index contributed by atoms with van der Waals surface area (Å²) in [6.45, 7) is 4.45. The summed E-state index contributed by atoms with van der Waals surface area (Å²) in [5.74, 6) is -0.761. The van der Waals surface area contributed by atoms with Gasteiger partial charge in [0.25, 0.3) is 17.7 Å². The lowest BCUT2D eigenvalue weighted by Crippen LogP contribution is -2.48. The molecule has 0 bridgehead atoms. The van der Waals surface area contributed by atoms with E-state index in [0.29, 0.717) is 36.4 Å². The van der Waals surface area contributed by atoms with Gasteiger partial charge in [0.2, 0.25) is 0 Å². The Kier molecular flexibility index (Phi) is 6.19. The number of hydrogen-bond donors (Lipinski definition) is 0. The van der Waals surface area contributed by atoms with Crippen LogP contribution < -0.4 is 0 Å². The molecule has 1 atom stereocenters. The molecule has 1 unspecified atom stereocenters. The van der Waals surface area contributed by atoms with Crippen LogP contribution in [0.2, 0.25) is 5.02 Å². The first-order valence-electron chi connectivity index (χ1n) is 11.4. The Hall–Kier alpha value is -2.74. The molecule has 3 amide bonds. The van der Waals surface area contributed by atoms with Gasteiger partial charge >= 0.3 is 0 Å². The van der Waals surface area contributed by atoms with Crippen LogP contribution in [0.25, 0.3) is 0 Å². The van der Waals surface area contributed by atoms with Crippen molar-refractivity contribution < 1.29 is 19.1 Å². The largest absolute Gasteiger partial charge is 0.376 e. The molecule has 2 aromatic rings. The topological polar surface area (TPSA) is 70.2 Å². The molecular weight excluding hydrogens is 442 g/mol. The minimum absolute atomic E-state index is 0.100. The first-order valence-corrected chi connectivity index (χ1v) is 11.8. The molecule has 5 rings (SSSR count). The zero-order chi connectivity index (χ0) is 22.9. The van der Waals surface area contributed by atoms with Crippen LogP contribution in [0.4, 0.5) is 0 Å². The van der Waals surface area contributed by atoms with E-state index < -0.39 is 0 Å². The minimum Gasteiger partial charge on any atom is -0.376 e. The second-order valence-electron chi connectivity index (χ2n) is 8.81. The number of halogens is 1. The molecule has 3 heterocycles. The van der Waals surface area contributed by atoms with Gasteiger partial charge in [-0.25, -0.2) is 0 Å². The van der Waals surface area contributed by atoms with Gasteiger partial charge in [-0.15, -0.1) is 0 Å². The molecule has 2 saturated heterocycles. The summed E-state index contributed by atoms with van der Waals surface area (Å²) in [5, 5.41) is 0.722. The number of imide groups is 1. The lowest BCUT2D eigenvalue weighted by atomic mass is 10.0. The normalized spacial score (nSPS) is 21.1. The fourth-order valence-corrected chi connectivity index (χ4v) is 4.98. The van der Waals surface area contributed by atoms with Crippen molar-refractivity contribution in [3.8, 4) is 0 Å². The SMILES string of the molecule is O=C(c1ccc2c(c1)C(=O)N(CC1CCCO1)C2=O)N1CCN(Cc2cccc(Cl)c2)CC1. The summed E-state index contributed by atoms with van der Waals surface area (Å²) in [7, 11) is 0. The molecule has 0 saturated carbocycles. The van der Waals surface area contributed by atoms with Gasteiger partial charge in [-0.3, -0.25) is 24.2 Å². The molecule has 172 valence electrons. The highest BCUT2D eigenvalue weighted by Gasteiger charge is 2.38. The summed E-state index contributed by atoms with van der Waals surface area (Å²) in [6, 6.07) is 12.6. The van der Waals surface area contributed by atoms with Gasteiger partial charge < -0.3 is 9.64 Å². The fraction of sp³-hybridized carbons (Fsp3) is 0.400. The minimum atomic E-state index is -0.341. The van der Waals surface area contributed by atoms with Crippen molar-refractivity contribution in [2.24, 2.45) is 0 Å². The predicted octanol–water partition coefficient (Wildman–Crippen LogP) is 3.07. The molecular formula is C25H26ClN3O4. The number of carbonyl (C=O) groups is 3. The molecule has 0 radical (unpaired) electrons. The number of piperazine rings is 1. The molecule has 0 N–H and O–H groups in total. The van der Waals surface area contributed by atoms with Crippen molar-refractivity contribution in [2.75, 3.05) is 39.3 Å². The lowest BCUT2D eigenvalue weighted by Gasteiger charge is -2.34. The lowest BCUT2D eigenvalue weighted by molar-refractivity contribution is 0.0475. The van der Waals surface area contributed by atoms with E-state index >= 15 is 0 Å². The number of carbonyl (C=O) groups excluding carboxylic acids is 3. The summed E-state index contributed by atoms with van der Waals surface area (Å²) >= 11 is 6.08. The van der Waals surface area contributed by atoms with Crippen molar-refractivity contribution in [2.45, 2.75) is 25.5 Å². The van der Waals surface area contributed by atoms with Gasteiger partial charge in [-0.2, -0.15) is 0 Å². The maximum Gasteiger partial charge on any atom is 0.261 e. The first kappa shape index (κ1) is 22.1. The Morgan fingerprint density at radius 2 is 1.79 bits per heavy atom. The van der Waals surface area contributed by atoms with Crippen LogP contribution >= 0.6 is 11.6 Å². The van der Waals surface area contributed by atoms with E-state index in [-0.39, 0.29) is 30.4 Å². The third kappa shape index (κ3) is 4.53. The molecule has 33 heavy (non-hydrogen) atoms. The van der Waals surface area contributed by atoms with Crippen molar-refractivity contribution in [3.05, 3.63) is 69.7 Å². The zero-order valence-electron chi connectivity index (χ0n) is 18.3. The number of hydrogen-bond acceptors (Lipinski definition) is 5. The number of fused-ring (bicyclic) bond motifs is 1. The number of ether oxygens (including phenoxy) is 1. The Labute approximate surface area is 197 Å². The quantitative estimate of drug-likeness (QED) is 0.632. The molecule has 0 aromatic heterocycles. The van der Waals surface area contributed by atoms with Crippen molar-refractivity contribution in [1.82, 2.24) is 14.7 Å². The van der Waals surface area contributed by atoms with Crippen molar-refractivity contribution in [1.29, 1.82) is 0 Å². The van der Waals surface area contributed by atoms with Crippen LogP contribution in [-0.4, -0.2) is 77.9 Å². The monoisotopic (exact) mass is 467 g/mol. The van der Waals surface area contributed by atoms with Gasteiger partial charge in [0.1, 0.15) is 0 Å². The number of benzene rings is 2.